The van der Waals surface area contributed by atoms with E-state index in [0.29, 0.717) is 23.8 Å². The van der Waals surface area contributed by atoms with Crippen molar-refractivity contribution in [3.63, 3.8) is 0 Å². The van der Waals surface area contributed by atoms with Gasteiger partial charge in [0.2, 0.25) is 0 Å². The Morgan fingerprint density at radius 3 is 1.73 bits per heavy atom. The predicted molar refractivity (Wildman–Crippen MR) is 204 cm³/mol. The molecule has 7 aromatic rings. The topological polar surface area (TPSA) is 60.9 Å². The molecule has 0 spiro atoms. The lowest BCUT2D eigenvalue weighted by Gasteiger charge is -2.15. The van der Waals surface area contributed by atoms with Gasteiger partial charge in [0.25, 0.3) is 0 Å². The molecule has 4 heteroatoms. The summed E-state index contributed by atoms with van der Waals surface area (Å²) in [6.45, 7) is 4.30. The first kappa shape index (κ1) is 30.9. The normalized spacial score (nSPS) is 11.7. The first-order valence-electron chi connectivity index (χ1n) is 16.1. The minimum Gasteiger partial charge on any atom is -0.261 e. The van der Waals surface area contributed by atoms with E-state index in [9.17, 15) is 5.26 Å². The maximum atomic E-state index is 9.27. The molecule has 0 saturated heterocycles. The van der Waals surface area contributed by atoms with E-state index in [1.165, 1.54) is 10.8 Å². The fourth-order valence-corrected chi connectivity index (χ4v) is 5.94. The monoisotopic (exact) mass is 628 g/mol. The Labute approximate surface area is 286 Å². The first-order valence-corrected chi connectivity index (χ1v) is 16.1. The fraction of sp³-hybridized carbons (Fsp3) is 0.0222. The highest BCUT2D eigenvalue weighted by molar-refractivity contribution is 6.12. The number of hydrogen-bond donors (Lipinski definition) is 0. The molecule has 0 unspecified atom stereocenters. The zero-order valence-corrected chi connectivity index (χ0v) is 26.9. The average Bonchev–Trinajstić information content (AvgIpc) is 3.18. The standard InChI is InChI=1S/C45H32N4/c1-47-44(36-13-6-3-7-14-36)49-45(48-31-33-11-4-2-5-12-33)37-25-23-35(24-26-37)42-28-39-15-8-9-16-40(39)29-43(42)41-18-10-17-38(27-41)34-21-19-32(30-46)20-22-34/h2-29H,1,31H2. The summed E-state index contributed by atoms with van der Waals surface area (Å²) in [7, 11) is 0. The number of hydrogen-bond acceptors (Lipinski definition) is 2. The van der Waals surface area contributed by atoms with Crippen molar-refractivity contribution in [2.75, 3.05) is 0 Å². The van der Waals surface area contributed by atoms with Crippen molar-refractivity contribution in [3.8, 4) is 39.4 Å². The van der Waals surface area contributed by atoms with Crippen LogP contribution in [0.1, 0.15) is 22.3 Å². The number of nitrogens with zero attached hydrogens (tertiary/aromatic N) is 4. The van der Waals surface area contributed by atoms with Crippen molar-refractivity contribution >= 4 is 29.2 Å². The van der Waals surface area contributed by atoms with Gasteiger partial charge in [0.05, 0.1) is 18.2 Å². The smallest absolute Gasteiger partial charge is 0.161 e. The third kappa shape index (κ3) is 7.02. The average molecular weight is 629 g/mol. The number of benzene rings is 7. The molecule has 0 aromatic heterocycles. The second kappa shape index (κ2) is 14.4. The molecule has 7 rings (SSSR count). The molecule has 7 aromatic carbocycles. The van der Waals surface area contributed by atoms with Crippen LogP contribution >= 0.6 is 0 Å². The molecule has 0 amide bonds. The van der Waals surface area contributed by atoms with Crippen molar-refractivity contribution in [2.45, 2.75) is 6.54 Å². The van der Waals surface area contributed by atoms with Crippen molar-refractivity contribution in [3.05, 3.63) is 192 Å². The Hall–Kier alpha value is -6.70. The van der Waals surface area contributed by atoms with Crippen LogP contribution in [0.4, 0.5) is 0 Å². The third-order valence-corrected chi connectivity index (χ3v) is 8.51. The highest BCUT2D eigenvalue weighted by Gasteiger charge is 2.13. The Morgan fingerprint density at radius 1 is 0.510 bits per heavy atom. The second-order valence-corrected chi connectivity index (χ2v) is 11.7. The molecule has 0 N–H and O–H groups in total. The molecule has 0 atom stereocenters. The number of rotatable bonds is 7. The SMILES string of the molecule is C=NC(=NC(=NCc1ccccc1)c1ccc(-c2cc3ccccc3cc2-c2cccc(-c3ccc(C#N)cc3)c2)cc1)c1ccccc1. The number of aliphatic imine (C=N–C) groups is 3. The summed E-state index contributed by atoms with van der Waals surface area (Å²) < 4.78 is 0. The first-order chi connectivity index (χ1) is 24.2. The summed E-state index contributed by atoms with van der Waals surface area (Å²) in [4.78, 5) is 14.1. The van der Waals surface area contributed by atoms with Gasteiger partial charge in [-0.15, -0.1) is 0 Å². The van der Waals surface area contributed by atoms with Crippen molar-refractivity contribution < 1.29 is 0 Å². The van der Waals surface area contributed by atoms with E-state index in [-0.39, 0.29) is 0 Å². The van der Waals surface area contributed by atoms with E-state index in [2.05, 4.69) is 115 Å². The summed E-state index contributed by atoms with van der Waals surface area (Å²) in [5.74, 6) is 1.12. The van der Waals surface area contributed by atoms with Gasteiger partial charge in [0.15, 0.2) is 11.7 Å². The van der Waals surface area contributed by atoms with Gasteiger partial charge >= 0.3 is 0 Å². The lowest BCUT2D eigenvalue weighted by molar-refractivity contribution is 1.06. The van der Waals surface area contributed by atoms with Gasteiger partial charge < -0.3 is 0 Å². The minimum atomic E-state index is 0.491. The van der Waals surface area contributed by atoms with E-state index in [1.807, 2.05) is 72.8 Å². The van der Waals surface area contributed by atoms with Crippen LogP contribution in [0.5, 0.6) is 0 Å². The molecular formula is C45H32N4. The lowest BCUT2D eigenvalue weighted by Crippen LogP contribution is -2.05. The summed E-state index contributed by atoms with van der Waals surface area (Å²) in [5, 5.41) is 11.6. The molecule has 49 heavy (non-hydrogen) atoms. The summed E-state index contributed by atoms with van der Waals surface area (Å²) in [5.41, 5.74) is 10.2. The van der Waals surface area contributed by atoms with E-state index >= 15 is 0 Å². The maximum absolute atomic E-state index is 9.27. The molecule has 0 aliphatic heterocycles. The van der Waals surface area contributed by atoms with Gasteiger partial charge in [-0.05, 0) is 86.8 Å². The summed E-state index contributed by atoms with van der Waals surface area (Å²) in [6, 6.07) is 60.0. The van der Waals surface area contributed by atoms with Crippen molar-refractivity contribution in [1.82, 2.24) is 0 Å². The Balaban J connectivity index is 1.31. The Morgan fingerprint density at radius 2 is 1.08 bits per heavy atom. The zero-order chi connectivity index (χ0) is 33.4. The fourth-order valence-electron chi connectivity index (χ4n) is 5.94. The highest BCUT2D eigenvalue weighted by Crippen LogP contribution is 2.37. The van der Waals surface area contributed by atoms with E-state index < -0.39 is 0 Å². The molecule has 0 heterocycles. The van der Waals surface area contributed by atoms with Crippen LogP contribution in [0.15, 0.2) is 185 Å². The largest absolute Gasteiger partial charge is 0.261 e. The van der Waals surface area contributed by atoms with Gasteiger partial charge in [-0.3, -0.25) is 4.99 Å². The van der Waals surface area contributed by atoms with Crippen LogP contribution < -0.4 is 0 Å². The van der Waals surface area contributed by atoms with Crippen LogP contribution in [0.25, 0.3) is 44.2 Å². The Bertz CT molecular complexity index is 2350. The van der Waals surface area contributed by atoms with Gasteiger partial charge in [0, 0.05) is 11.1 Å². The predicted octanol–water partition coefficient (Wildman–Crippen LogP) is 10.8. The zero-order valence-electron chi connectivity index (χ0n) is 26.9. The maximum Gasteiger partial charge on any atom is 0.161 e. The minimum absolute atomic E-state index is 0.491. The number of nitriles is 1. The molecule has 232 valence electrons. The molecule has 0 saturated carbocycles. The third-order valence-electron chi connectivity index (χ3n) is 8.51. The molecule has 0 bridgehead atoms. The van der Waals surface area contributed by atoms with Crippen LogP contribution in [-0.4, -0.2) is 18.4 Å². The summed E-state index contributed by atoms with van der Waals surface area (Å²) in [6.07, 6.45) is 0. The number of amidine groups is 2. The lowest BCUT2D eigenvalue weighted by atomic mass is 9.90. The van der Waals surface area contributed by atoms with Gasteiger partial charge in [-0.25, -0.2) is 9.98 Å². The highest BCUT2D eigenvalue weighted by atomic mass is 15.0. The van der Waals surface area contributed by atoms with Crippen LogP contribution in [0, 0.1) is 11.3 Å². The molecule has 0 fully saturated rings. The van der Waals surface area contributed by atoms with Crippen molar-refractivity contribution in [1.29, 1.82) is 5.26 Å². The van der Waals surface area contributed by atoms with Gasteiger partial charge in [0.1, 0.15) is 0 Å². The van der Waals surface area contributed by atoms with Gasteiger partial charge in [-0.1, -0.05) is 140 Å². The van der Waals surface area contributed by atoms with Crippen molar-refractivity contribution in [2.24, 2.45) is 15.0 Å². The van der Waals surface area contributed by atoms with Gasteiger partial charge in [-0.2, -0.15) is 5.26 Å². The molecular weight excluding hydrogens is 597 g/mol. The van der Waals surface area contributed by atoms with Crippen LogP contribution in [0.2, 0.25) is 0 Å². The molecule has 0 radical (unpaired) electrons. The van der Waals surface area contributed by atoms with E-state index in [4.69, 9.17) is 9.98 Å². The van der Waals surface area contributed by atoms with E-state index in [1.54, 1.807) is 0 Å². The molecule has 4 nitrogen and oxygen atoms in total. The Kier molecular flexibility index (Phi) is 9.08. The second-order valence-electron chi connectivity index (χ2n) is 11.7. The quantitative estimate of drug-likeness (QED) is 0.128. The van der Waals surface area contributed by atoms with Crippen LogP contribution in [0.3, 0.4) is 0 Å². The van der Waals surface area contributed by atoms with E-state index in [0.717, 1.165) is 50.1 Å². The summed E-state index contributed by atoms with van der Waals surface area (Å²) >= 11 is 0. The number of fused-ring (bicyclic) bond motifs is 1. The van der Waals surface area contributed by atoms with Crippen LogP contribution in [-0.2, 0) is 6.54 Å². The molecule has 0 aliphatic rings. The molecule has 0 aliphatic carbocycles.